The van der Waals surface area contributed by atoms with E-state index in [1.807, 2.05) is 36.2 Å². The van der Waals surface area contributed by atoms with Gasteiger partial charge in [-0.25, -0.2) is 9.89 Å². The van der Waals surface area contributed by atoms with Gasteiger partial charge in [0.25, 0.3) is 5.91 Å². The first kappa shape index (κ1) is 30.1. The number of hydrogen-bond donors (Lipinski definition) is 1. The summed E-state index contributed by atoms with van der Waals surface area (Å²) in [5, 5.41) is 19.0. The van der Waals surface area contributed by atoms with Crippen LogP contribution in [0.3, 0.4) is 0 Å². The Bertz CT molecular complexity index is 1360. The van der Waals surface area contributed by atoms with Gasteiger partial charge >= 0.3 is 5.97 Å². The van der Waals surface area contributed by atoms with E-state index < -0.39 is 5.97 Å². The summed E-state index contributed by atoms with van der Waals surface area (Å²) in [4.78, 5) is 25.8. The van der Waals surface area contributed by atoms with Crippen LogP contribution in [0.1, 0.15) is 54.6 Å². The fraction of sp³-hybridized carbons (Fsp3) is 0.385. The number of hydrogen-bond acceptors (Lipinski definition) is 4. The third kappa shape index (κ3) is 6.42. The Morgan fingerprint density at radius 1 is 1.11 bits per heavy atom. The van der Waals surface area contributed by atoms with Gasteiger partial charge in [-0.15, -0.1) is 0 Å². The summed E-state index contributed by atoms with van der Waals surface area (Å²) in [6.07, 6.45) is 3.50. The first-order valence-electron chi connectivity index (χ1n) is 11.3. The van der Waals surface area contributed by atoms with Gasteiger partial charge in [0.05, 0.1) is 5.69 Å². The number of carboxylic acid groups (broad SMARTS) is 1. The van der Waals surface area contributed by atoms with Gasteiger partial charge in [0.2, 0.25) is 0 Å². The molecule has 0 atom stereocenters. The van der Waals surface area contributed by atoms with Gasteiger partial charge in [0, 0.05) is 69.8 Å². The molecule has 10 heteroatoms. The molecule has 4 aromatic rings. The van der Waals surface area contributed by atoms with E-state index >= 15 is 0 Å². The molecule has 2 aromatic carbocycles. The van der Waals surface area contributed by atoms with Gasteiger partial charge in [0.15, 0.2) is 5.69 Å². The first-order valence-corrected chi connectivity index (χ1v) is 12.1. The fourth-order valence-electron chi connectivity index (χ4n) is 4.07. The third-order valence-corrected chi connectivity index (χ3v) is 6.48. The second-order valence-corrected chi connectivity index (χ2v) is 9.37. The van der Waals surface area contributed by atoms with Crippen molar-refractivity contribution in [2.45, 2.75) is 33.6 Å². The summed E-state index contributed by atoms with van der Waals surface area (Å²) in [5.41, 5.74) is 2.33. The molecule has 189 valence electrons. The van der Waals surface area contributed by atoms with Crippen LogP contribution in [-0.4, -0.2) is 54.5 Å². The number of aryl methyl sites for hydroxylation is 2. The average Bonchev–Trinajstić information content (AvgIpc) is 3.45. The van der Waals surface area contributed by atoms with Gasteiger partial charge in [-0.1, -0.05) is 31.9 Å². The molecule has 0 unspecified atom stereocenters. The summed E-state index contributed by atoms with van der Waals surface area (Å²) in [5.74, 6) is -0.159. The summed E-state index contributed by atoms with van der Waals surface area (Å²) in [6, 6.07) is 14.2. The van der Waals surface area contributed by atoms with Crippen LogP contribution in [0.15, 0.2) is 40.9 Å². The summed E-state index contributed by atoms with van der Waals surface area (Å²) < 4.78 is 3.87. The third-order valence-electron chi connectivity index (χ3n) is 5.84. The molecule has 0 saturated heterocycles. The number of rotatable bonds is 6. The van der Waals surface area contributed by atoms with Crippen LogP contribution in [0, 0.1) is 12.0 Å². The van der Waals surface area contributed by atoms with Crippen LogP contribution in [0.4, 0.5) is 0 Å². The molecule has 5 rings (SSSR count). The van der Waals surface area contributed by atoms with Crippen molar-refractivity contribution in [3.8, 4) is 0 Å². The Kier molecular flexibility index (Phi) is 10.8. The van der Waals surface area contributed by atoms with Gasteiger partial charge in [-0.2, -0.15) is 29.4 Å². The zero-order chi connectivity index (χ0) is 24.4. The molecule has 1 amide bonds. The molecular weight excluding hydrogens is 599 g/mol. The van der Waals surface area contributed by atoms with Crippen molar-refractivity contribution in [2.75, 3.05) is 13.1 Å². The van der Waals surface area contributed by atoms with Crippen molar-refractivity contribution >= 4 is 49.6 Å². The number of carbonyl (C=O) groups is 2. The number of carbonyl (C=O) groups excluding carboxylic acids is 1. The van der Waals surface area contributed by atoms with Gasteiger partial charge < -0.3 is 10.0 Å². The minimum Gasteiger partial charge on any atom is -0.477 e. The van der Waals surface area contributed by atoms with Crippen LogP contribution in [-0.2, 0) is 46.8 Å². The monoisotopic (exact) mass is 629 g/mol. The van der Waals surface area contributed by atoms with E-state index in [0.717, 1.165) is 34.9 Å². The predicted octanol–water partition coefficient (Wildman–Crippen LogP) is 5.30. The van der Waals surface area contributed by atoms with E-state index in [9.17, 15) is 9.59 Å². The topological polar surface area (TPSA) is 93.3 Å². The molecule has 2 heterocycles. The van der Waals surface area contributed by atoms with Gasteiger partial charge in [-0.3, -0.25) is 14.2 Å². The van der Waals surface area contributed by atoms with Crippen molar-refractivity contribution in [1.82, 2.24) is 24.5 Å². The van der Waals surface area contributed by atoms with Crippen molar-refractivity contribution in [1.29, 1.82) is 0 Å². The van der Waals surface area contributed by atoms with Crippen LogP contribution >= 0.6 is 15.9 Å². The fourth-order valence-corrected chi connectivity index (χ4v) is 4.52. The first-order chi connectivity index (χ1) is 16.3. The SMILES string of the molecule is C.CCCN(CC1CC1)C(=O)c1c2ccc[c-]c2nn1C.Cn1nc2c(Br)cccc2c1C(=O)O.[Y]. The largest absolute Gasteiger partial charge is 0.477 e. The Hall–Kier alpha value is -2.10. The van der Waals surface area contributed by atoms with E-state index in [1.165, 1.54) is 17.5 Å². The summed E-state index contributed by atoms with van der Waals surface area (Å²) >= 11 is 3.32. The summed E-state index contributed by atoms with van der Waals surface area (Å²) in [6.45, 7) is 3.82. The number of aromatic carboxylic acids is 1. The molecule has 1 aliphatic rings. The predicted molar refractivity (Wildman–Crippen MR) is 141 cm³/mol. The van der Waals surface area contributed by atoms with E-state index in [1.54, 1.807) is 23.9 Å². The molecule has 2 aromatic heterocycles. The maximum Gasteiger partial charge on any atom is 0.354 e. The number of carboxylic acids is 1. The number of benzene rings is 2. The Balaban J connectivity index is 0.000000254. The number of fused-ring (bicyclic) bond motifs is 2. The quantitative estimate of drug-likeness (QED) is 0.292. The molecule has 1 aliphatic carbocycles. The van der Waals surface area contributed by atoms with Crippen molar-refractivity contribution in [3.05, 3.63) is 58.3 Å². The molecule has 1 saturated carbocycles. The zero-order valence-corrected chi connectivity index (χ0v) is 24.5. The van der Waals surface area contributed by atoms with E-state index in [-0.39, 0.29) is 51.7 Å². The molecule has 0 bridgehead atoms. The number of halogens is 1. The molecule has 36 heavy (non-hydrogen) atoms. The van der Waals surface area contributed by atoms with Crippen molar-refractivity contribution in [2.24, 2.45) is 20.0 Å². The van der Waals surface area contributed by atoms with E-state index in [2.05, 4.69) is 39.1 Å². The van der Waals surface area contributed by atoms with Crippen LogP contribution in [0.5, 0.6) is 0 Å². The molecule has 1 N–H and O–H groups in total. The summed E-state index contributed by atoms with van der Waals surface area (Å²) in [7, 11) is 3.46. The maximum atomic E-state index is 12.8. The average molecular weight is 630 g/mol. The van der Waals surface area contributed by atoms with Crippen molar-refractivity contribution < 1.29 is 47.4 Å². The molecule has 0 aliphatic heterocycles. The molecule has 1 radical (unpaired) electrons. The van der Waals surface area contributed by atoms with Gasteiger partial charge in [0.1, 0.15) is 5.52 Å². The Morgan fingerprint density at radius 2 is 1.78 bits per heavy atom. The molecular formula is C26H31BrN5O3Y-. The maximum absolute atomic E-state index is 12.8. The second-order valence-electron chi connectivity index (χ2n) is 8.51. The normalized spacial score (nSPS) is 12.3. The van der Waals surface area contributed by atoms with Crippen LogP contribution in [0.25, 0.3) is 21.8 Å². The number of amides is 1. The Labute approximate surface area is 245 Å². The smallest absolute Gasteiger partial charge is 0.354 e. The zero-order valence-electron chi connectivity index (χ0n) is 20.0. The second kappa shape index (κ2) is 12.9. The molecule has 8 nitrogen and oxygen atoms in total. The minimum atomic E-state index is -0.965. The van der Waals surface area contributed by atoms with Gasteiger partial charge in [-0.05, 0) is 52.7 Å². The van der Waals surface area contributed by atoms with Crippen LogP contribution in [0.2, 0.25) is 0 Å². The number of nitrogens with zero attached hydrogens (tertiary/aromatic N) is 5. The minimum absolute atomic E-state index is 0. The van der Waals surface area contributed by atoms with E-state index in [0.29, 0.717) is 22.5 Å². The van der Waals surface area contributed by atoms with E-state index in [4.69, 9.17) is 5.11 Å². The standard InChI is InChI=1S/C16H20N3O.C9H7BrN2O2.CH4.Y/c1-3-10-19(11-12-8-9-12)16(20)15-13-6-4-5-7-14(13)17-18(15)2;1-12-8(9(13)14)5-3-2-4-6(10)7(5)11-12;;/h4-6,12H,3,8-11H2,1-2H3;2-4H,1H3,(H,13,14);1H4;/q-1;;;. The van der Waals surface area contributed by atoms with Crippen molar-refractivity contribution in [3.63, 3.8) is 0 Å². The Morgan fingerprint density at radius 3 is 2.42 bits per heavy atom. The molecule has 0 spiro atoms. The molecule has 1 fully saturated rings. The number of aromatic nitrogens is 4. The van der Waals surface area contributed by atoms with Crippen LogP contribution < -0.4 is 0 Å².